The number of anilines is 1. The van der Waals surface area contributed by atoms with Gasteiger partial charge in [0.05, 0.1) is 11.4 Å². The lowest BCUT2D eigenvalue weighted by Crippen LogP contribution is -2.16. The molecule has 1 aromatic heterocycles. The maximum atomic E-state index is 12.5. The fourth-order valence-corrected chi connectivity index (χ4v) is 3.46. The van der Waals surface area contributed by atoms with Crippen LogP contribution in [0.15, 0.2) is 66.3 Å². The molecule has 0 saturated heterocycles. The fourth-order valence-electron chi connectivity index (χ4n) is 2.59. The summed E-state index contributed by atoms with van der Waals surface area (Å²) < 4.78 is 31.3. The molecule has 10 heteroatoms. The molecule has 6 nitrogen and oxygen atoms in total. The van der Waals surface area contributed by atoms with Crippen molar-refractivity contribution in [2.75, 3.05) is 11.1 Å². The number of amides is 1. The zero-order valence-electron chi connectivity index (χ0n) is 15.6. The highest BCUT2D eigenvalue weighted by atomic mass is 35.5. The van der Waals surface area contributed by atoms with Crippen LogP contribution >= 0.6 is 23.4 Å². The van der Waals surface area contributed by atoms with Crippen LogP contribution in [0.3, 0.4) is 0 Å². The number of ether oxygens (including phenoxy) is 1. The van der Waals surface area contributed by atoms with E-state index in [1.54, 1.807) is 24.3 Å². The van der Waals surface area contributed by atoms with Crippen LogP contribution in [0.5, 0.6) is 5.75 Å². The van der Waals surface area contributed by atoms with Gasteiger partial charge in [0.2, 0.25) is 5.91 Å². The molecule has 0 spiro atoms. The van der Waals surface area contributed by atoms with Crippen LogP contribution in [-0.4, -0.2) is 33.0 Å². The van der Waals surface area contributed by atoms with Crippen molar-refractivity contribution in [1.82, 2.24) is 14.8 Å². The van der Waals surface area contributed by atoms with Crippen molar-refractivity contribution in [3.8, 4) is 17.1 Å². The quantitative estimate of drug-likeness (QED) is 0.362. The Morgan fingerprint density at radius 1 is 1.23 bits per heavy atom. The molecule has 0 saturated carbocycles. The molecular weight excluding hydrogens is 434 g/mol. The normalized spacial score (nSPS) is 10.8. The van der Waals surface area contributed by atoms with Gasteiger partial charge in [-0.05, 0) is 36.4 Å². The van der Waals surface area contributed by atoms with E-state index in [1.807, 2.05) is 16.7 Å². The van der Waals surface area contributed by atoms with Crippen molar-refractivity contribution in [3.63, 3.8) is 0 Å². The minimum Gasteiger partial charge on any atom is -0.433 e. The largest absolute Gasteiger partial charge is 0.433 e. The number of rotatable bonds is 9. The van der Waals surface area contributed by atoms with E-state index in [0.717, 1.165) is 5.56 Å². The van der Waals surface area contributed by atoms with Gasteiger partial charge in [-0.1, -0.05) is 41.6 Å². The maximum Gasteiger partial charge on any atom is 0.387 e. The number of carbonyl (C=O) groups is 1. The van der Waals surface area contributed by atoms with Crippen LogP contribution in [0.4, 0.5) is 14.5 Å². The highest BCUT2D eigenvalue weighted by molar-refractivity contribution is 7.99. The van der Waals surface area contributed by atoms with Crippen molar-refractivity contribution in [2.45, 2.75) is 18.3 Å². The van der Waals surface area contributed by atoms with E-state index in [4.69, 9.17) is 11.6 Å². The molecule has 1 heterocycles. The molecule has 0 bridgehead atoms. The van der Waals surface area contributed by atoms with E-state index < -0.39 is 12.5 Å². The monoisotopic (exact) mass is 450 g/mol. The first-order valence-electron chi connectivity index (χ1n) is 8.74. The molecular formula is C20H17ClF2N4O2S. The zero-order valence-corrected chi connectivity index (χ0v) is 17.2. The van der Waals surface area contributed by atoms with E-state index in [9.17, 15) is 13.6 Å². The van der Waals surface area contributed by atoms with Gasteiger partial charge in [0.15, 0.2) is 11.0 Å². The van der Waals surface area contributed by atoms with E-state index in [1.165, 1.54) is 30.0 Å². The number of carbonyl (C=O) groups excluding carboxylic acids is 1. The third kappa shape index (κ3) is 5.58. The lowest BCUT2D eigenvalue weighted by atomic mass is 10.2. The highest BCUT2D eigenvalue weighted by Crippen LogP contribution is 2.27. The predicted molar refractivity (Wildman–Crippen MR) is 113 cm³/mol. The molecule has 3 rings (SSSR count). The van der Waals surface area contributed by atoms with Crippen molar-refractivity contribution in [3.05, 3.63) is 66.2 Å². The molecule has 0 aliphatic carbocycles. The van der Waals surface area contributed by atoms with Crippen molar-refractivity contribution >= 4 is 35.0 Å². The molecule has 0 unspecified atom stereocenters. The van der Waals surface area contributed by atoms with Gasteiger partial charge in [-0.2, -0.15) is 8.78 Å². The first kappa shape index (κ1) is 21.8. The second-order valence-electron chi connectivity index (χ2n) is 5.92. The number of hydrogen-bond acceptors (Lipinski definition) is 5. The van der Waals surface area contributed by atoms with E-state index in [0.29, 0.717) is 22.5 Å². The molecule has 0 aliphatic rings. The summed E-state index contributed by atoms with van der Waals surface area (Å²) in [4.78, 5) is 12.3. The Labute approximate surface area is 180 Å². The molecule has 1 amide bonds. The number of halogens is 3. The second kappa shape index (κ2) is 10.2. The van der Waals surface area contributed by atoms with Crippen LogP contribution in [0.1, 0.15) is 0 Å². The fraction of sp³-hybridized carbons (Fsp3) is 0.150. The average molecular weight is 451 g/mol. The number of alkyl halides is 2. The summed E-state index contributed by atoms with van der Waals surface area (Å²) in [6.45, 7) is 1.21. The van der Waals surface area contributed by atoms with Crippen LogP contribution in [0, 0.1) is 0 Å². The summed E-state index contributed by atoms with van der Waals surface area (Å²) in [5, 5.41) is 12.1. The molecule has 30 heavy (non-hydrogen) atoms. The number of aromatic nitrogens is 3. The Kier molecular flexibility index (Phi) is 7.42. The van der Waals surface area contributed by atoms with Gasteiger partial charge >= 0.3 is 6.61 Å². The molecule has 0 radical (unpaired) electrons. The van der Waals surface area contributed by atoms with Gasteiger partial charge in [0.1, 0.15) is 5.75 Å². The van der Waals surface area contributed by atoms with Crippen molar-refractivity contribution < 1.29 is 18.3 Å². The van der Waals surface area contributed by atoms with Crippen LogP contribution in [-0.2, 0) is 11.3 Å². The number of benzene rings is 2. The summed E-state index contributed by atoms with van der Waals surface area (Å²) in [6, 6.07) is 13.2. The van der Waals surface area contributed by atoms with Gasteiger partial charge in [0.25, 0.3) is 0 Å². The standard InChI is InChI=1S/C20H17ClF2N4O2S/c1-2-11-27-18(13-7-9-14(21)10-8-13)25-26-20(27)30-12-17(28)24-15-5-3-4-6-16(15)29-19(22)23/h2-10,19H,1,11-12H2,(H,24,28). The van der Waals surface area contributed by atoms with Gasteiger partial charge in [0, 0.05) is 17.1 Å². The summed E-state index contributed by atoms with van der Waals surface area (Å²) in [6.07, 6.45) is 1.70. The van der Waals surface area contributed by atoms with Crippen molar-refractivity contribution in [1.29, 1.82) is 0 Å². The molecule has 2 aromatic carbocycles. The molecule has 0 aliphatic heterocycles. The molecule has 0 fully saturated rings. The molecule has 3 aromatic rings. The summed E-state index contributed by atoms with van der Waals surface area (Å²) in [5.74, 6) is 0.112. The number of nitrogens with zero attached hydrogens (tertiary/aromatic N) is 3. The Balaban J connectivity index is 1.71. The molecule has 1 N–H and O–H groups in total. The van der Waals surface area contributed by atoms with E-state index in [-0.39, 0.29) is 17.2 Å². The van der Waals surface area contributed by atoms with E-state index >= 15 is 0 Å². The second-order valence-corrected chi connectivity index (χ2v) is 7.30. The van der Waals surface area contributed by atoms with Gasteiger partial charge in [-0.15, -0.1) is 16.8 Å². The molecule has 0 atom stereocenters. The van der Waals surface area contributed by atoms with Gasteiger partial charge in [-0.3, -0.25) is 9.36 Å². The third-order valence-electron chi connectivity index (χ3n) is 3.84. The molecule has 156 valence electrons. The third-order valence-corrected chi connectivity index (χ3v) is 5.06. The highest BCUT2D eigenvalue weighted by Gasteiger charge is 2.16. The topological polar surface area (TPSA) is 69.0 Å². The smallest absolute Gasteiger partial charge is 0.387 e. The van der Waals surface area contributed by atoms with Crippen LogP contribution in [0.25, 0.3) is 11.4 Å². The average Bonchev–Trinajstić information content (AvgIpc) is 3.11. The number of thioether (sulfide) groups is 1. The first-order valence-corrected chi connectivity index (χ1v) is 10.1. The number of allylic oxidation sites excluding steroid dienone is 1. The summed E-state index contributed by atoms with van der Waals surface area (Å²) in [7, 11) is 0. The van der Waals surface area contributed by atoms with Gasteiger partial charge < -0.3 is 10.1 Å². The van der Waals surface area contributed by atoms with Crippen LogP contribution in [0.2, 0.25) is 5.02 Å². The zero-order chi connectivity index (χ0) is 21.5. The SMILES string of the molecule is C=CCn1c(SCC(=O)Nc2ccccc2OC(F)F)nnc1-c1ccc(Cl)cc1. The van der Waals surface area contributed by atoms with E-state index in [2.05, 4.69) is 26.8 Å². The van der Waals surface area contributed by atoms with Gasteiger partial charge in [-0.25, -0.2) is 0 Å². The summed E-state index contributed by atoms with van der Waals surface area (Å²) in [5.41, 5.74) is 0.987. The lowest BCUT2D eigenvalue weighted by Gasteiger charge is -2.11. The number of hydrogen-bond donors (Lipinski definition) is 1. The predicted octanol–water partition coefficient (Wildman–Crippen LogP) is 5.12. The maximum absolute atomic E-state index is 12.5. The lowest BCUT2D eigenvalue weighted by molar-refractivity contribution is -0.113. The summed E-state index contributed by atoms with van der Waals surface area (Å²) >= 11 is 7.10. The number of para-hydroxylation sites is 2. The Morgan fingerprint density at radius 3 is 2.67 bits per heavy atom. The minimum absolute atomic E-state index is 0.00108. The Morgan fingerprint density at radius 2 is 1.97 bits per heavy atom. The number of nitrogens with one attached hydrogen (secondary N) is 1. The minimum atomic E-state index is -2.99. The van der Waals surface area contributed by atoms with Crippen LogP contribution < -0.4 is 10.1 Å². The first-order chi connectivity index (χ1) is 14.5. The Bertz CT molecular complexity index is 1030. The van der Waals surface area contributed by atoms with Crippen molar-refractivity contribution in [2.24, 2.45) is 0 Å². The Hall–Kier alpha value is -2.91.